The molecule has 0 bridgehead atoms. The summed E-state index contributed by atoms with van der Waals surface area (Å²) in [4.78, 5) is 11.6. The maximum absolute atomic E-state index is 11.6. The average Bonchev–Trinajstić information content (AvgIpc) is 2.58. The Hall–Kier alpha value is -2.29. The van der Waals surface area contributed by atoms with Crippen LogP contribution >= 0.6 is 0 Å². The van der Waals surface area contributed by atoms with Crippen molar-refractivity contribution in [1.29, 1.82) is 0 Å². The molecular weight excluding hydrogens is 312 g/mol. The van der Waals surface area contributed by atoms with Gasteiger partial charge in [-0.1, -0.05) is 42.5 Å². The highest BCUT2D eigenvalue weighted by Gasteiger charge is 2.15. The van der Waals surface area contributed by atoms with Crippen molar-refractivity contribution < 1.29 is 14.3 Å². The Kier molecular flexibility index (Phi) is 7.05. The number of carbonyl (C=O) groups is 1. The Balaban J connectivity index is 1.63. The van der Waals surface area contributed by atoms with Crippen LogP contribution in [0.3, 0.4) is 0 Å². The standard InChI is InChI=1S/C22H28O3/c1-22(2,3)25-21(23)12-8-5-9-17-24-20-15-13-19(14-16-20)18-10-6-4-7-11-18/h4,6-7,10-11,13-16H,5,8-9,12,17H2,1-3H3. The molecule has 2 rings (SSSR count). The minimum Gasteiger partial charge on any atom is -0.494 e. The van der Waals surface area contributed by atoms with Crippen LogP contribution in [-0.2, 0) is 9.53 Å². The summed E-state index contributed by atoms with van der Waals surface area (Å²) in [5.74, 6) is 0.761. The Morgan fingerprint density at radius 3 is 2.12 bits per heavy atom. The van der Waals surface area contributed by atoms with Gasteiger partial charge in [-0.05, 0) is 63.3 Å². The van der Waals surface area contributed by atoms with Crippen LogP contribution in [0.5, 0.6) is 5.75 Å². The number of carbonyl (C=O) groups excluding carboxylic acids is 1. The molecule has 3 nitrogen and oxygen atoms in total. The Bertz CT molecular complexity index is 639. The number of benzene rings is 2. The van der Waals surface area contributed by atoms with E-state index in [0.717, 1.165) is 25.0 Å². The lowest BCUT2D eigenvalue weighted by Crippen LogP contribution is -2.23. The van der Waals surface area contributed by atoms with Crippen LogP contribution in [0.2, 0.25) is 0 Å². The first-order valence-corrected chi connectivity index (χ1v) is 8.94. The van der Waals surface area contributed by atoms with E-state index in [1.165, 1.54) is 11.1 Å². The van der Waals surface area contributed by atoms with Crippen molar-refractivity contribution in [3.8, 4) is 16.9 Å². The second-order valence-electron chi connectivity index (χ2n) is 7.14. The Labute approximate surface area is 151 Å². The molecule has 0 saturated carbocycles. The second-order valence-corrected chi connectivity index (χ2v) is 7.14. The lowest BCUT2D eigenvalue weighted by Gasteiger charge is -2.19. The van der Waals surface area contributed by atoms with Crippen LogP contribution < -0.4 is 4.74 Å². The predicted octanol–water partition coefficient (Wildman–Crippen LogP) is 5.63. The van der Waals surface area contributed by atoms with E-state index in [1.807, 2.05) is 51.1 Å². The van der Waals surface area contributed by atoms with Crippen molar-refractivity contribution in [1.82, 2.24) is 0 Å². The zero-order chi connectivity index (χ0) is 18.1. The molecule has 0 unspecified atom stereocenters. The smallest absolute Gasteiger partial charge is 0.306 e. The van der Waals surface area contributed by atoms with Crippen LogP contribution in [0.15, 0.2) is 54.6 Å². The zero-order valence-electron chi connectivity index (χ0n) is 15.5. The highest BCUT2D eigenvalue weighted by atomic mass is 16.6. The fourth-order valence-electron chi connectivity index (χ4n) is 2.50. The van der Waals surface area contributed by atoms with Crippen molar-refractivity contribution in [2.75, 3.05) is 6.61 Å². The topological polar surface area (TPSA) is 35.5 Å². The van der Waals surface area contributed by atoms with Gasteiger partial charge in [0.25, 0.3) is 0 Å². The summed E-state index contributed by atoms with van der Waals surface area (Å²) in [5, 5.41) is 0. The first kappa shape index (κ1) is 19.0. The van der Waals surface area contributed by atoms with E-state index >= 15 is 0 Å². The minimum absolute atomic E-state index is 0.120. The Morgan fingerprint density at radius 2 is 1.48 bits per heavy atom. The van der Waals surface area contributed by atoms with Gasteiger partial charge in [0.05, 0.1) is 6.61 Å². The fourth-order valence-corrected chi connectivity index (χ4v) is 2.50. The molecule has 3 heteroatoms. The molecule has 134 valence electrons. The summed E-state index contributed by atoms with van der Waals surface area (Å²) in [5.41, 5.74) is 1.99. The van der Waals surface area contributed by atoms with Crippen LogP contribution in [0.1, 0.15) is 46.5 Å². The molecule has 0 spiro atoms. The molecule has 0 fully saturated rings. The molecule has 0 radical (unpaired) electrons. The molecule has 0 N–H and O–H groups in total. The molecule has 0 amide bonds. The maximum atomic E-state index is 11.6. The van der Waals surface area contributed by atoms with Gasteiger partial charge in [0.1, 0.15) is 11.4 Å². The summed E-state index contributed by atoms with van der Waals surface area (Å²) >= 11 is 0. The first-order chi connectivity index (χ1) is 11.9. The van der Waals surface area contributed by atoms with Crippen molar-refractivity contribution in [3.05, 3.63) is 54.6 Å². The van der Waals surface area contributed by atoms with Gasteiger partial charge in [0.2, 0.25) is 0 Å². The van der Waals surface area contributed by atoms with Crippen molar-refractivity contribution >= 4 is 5.97 Å². The molecule has 2 aromatic rings. The predicted molar refractivity (Wildman–Crippen MR) is 102 cm³/mol. The summed E-state index contributed by atoms with van der Waals surface area (Å²) in [6.07, 6.45) is 3.21. The number of hydrogen-bond donors (Lipinski definition) is 0. The van der Waals surface area contributed by atoms with Gasteiger partial charge in [0, 0.05) is 6.42 Å². The third kappa shape index (κ3) is 7.42. The van der Waals surface area contributed by atoms with Crippen LogP contribution in [0.4, 0.5) is 0 Å². The van der Waals surface area contributed by atoms with E-state index in [9.17, 15) is 4.79 Å². The summed E-state index contributed by atoms with van der Waals surface area (Å²) < 4.78 is 11.1. The van der Waals surface area contributed by atoms with Gasteiger partial charge in [0.15, 0.2) is 0 Å². The number of esters is 1. The summed E-state index contributed by atoms with van der Waals surface area (Å²) in [6, 6.07) is 18.4. The molecule has 0 aliphatic carbocycles. The molecule has 25 heavy (non-hydrogen) atoms. The largest absolute Gasteiger partial charge is 0.494 e. The van der Waals surface area contributed by atoms with Crippen molar-refractivity contribution in [2.24, 2.45) is 0 Å². The lowest BCUT2D eigenvalue weighted by molar-refractivity contribution is -0.154. The number of rotatable bonds is 8. The molecule has 0 aromatic heterocycles. The zero-order valence-corrected chi connectivity index (χ0v) is 15.5. The normalized spacial score (nSPS) is 11.2. The molecule has 0 aliphatic heterocycles. The summed E-state index contributed by atoms with van der Waals surface area (Å²) in [7, 11) is 0. The van der Waals surface area contributed by atoms with E-state index in [2.05, 4.69) is 24.3 Å². The van der Waals surface area contributed by atoms with E-state index in [1.54, 1.807) is 0 Å². The van der Waals surface area contributed by atoms with E-state index in [-0.39, 0.29) is 5.97 Å². The van der Waals surface area contributed by atoms with Crippen LogP contribution in [0.25, 0.3) is 11.1 Å². The third-order valence-corrected chi connectivity index (χ3v) is 3.68. The lowest BCUT2D eigenvalue weighted by atomic mass is 10.1. The van der Waals surface area contributed by atoms with Crippen LogP contribution in [-0.4, -0.2) is 18.2 Å². The maximum Gasteiger partial charge on any atom is 0.306 e. The number of ether oxygens (including phenoxy) is 2. The van der Waals surface area contributed by atoms with Gasteiger partial charge < -0.3 is 9.47 Å². The second kappa shape index (κ2) is 9.26. The third-order valence-electron chi connectivity index (χ3n) is 3.68. The van der Waals surface area contributed by atoms with E-state index < -0.39 is 5.60 Å². The Morgan fingerprint density at radius 1 is 0.840 bits per heavy atom. The molecule has 0 aliphatic rings. The average molecular weight is 340 g/mol. The molecule has 0 saturated heterocycles. The SMILES string of the molecule is CC(C)(C)OC(=O)CCCCCOc1ccc(-c2ccccc2)cc1. The van der Waals surface area contributed by atoms with Crippen molar-refractivity contribution in [2.45, 2.75) is 52.1 Å². The van der Waals surface area contributed by atoms with Gasteiger partial charge in [-0.25, -0.2) is 0 Å². The number of hydrogen-bond acceptors (Lipinski definition) is 3. The summed E-state index contributed by atoms with van der Waals surface area (Å²) in [6.45, 7) is 6.34. The van der Waals surface area contributed by atoms with Gasteiger partial charge in [-0.15, -0.1) is 0 Å². The quantitative estimate of drug-likeness (QED) is 0.461. The highest BCUT2D eigenvalue weighted by Crippen LogP contribution is 2.22. The van der Waals surface area contributed by atoms with Crippen molar-refractivity contribution in [3.63, 3.8) is 0 Å². The van der Waals surface area contributed by atoms with E-state index in [4.69, 9.17) is 9.47 Å². The van der Waals surface area contributed by atoms with E-state index in [0.29, 0.717) is 13.0 Å². The molecular formula is C22H28O3. The molecule has 2 aromatic carbocycles. The highest BCUT2D eigenvalue weighted by molar-refractivity contribution is 5.69. The minimum atomic E-state index is -0.397. The van der Waals surface area contributed by atoms with Crippen LogP contribution in [0, 0.1) is 0 Å². The van der Waals surface area contributed by atoms with Gasteiger partial charge >= 0.3 is 5.97 Å². The van der Waals surface area contributed by atoms with Gasteiger partial charge in [-0.3, -0.25) is 4.79 Å². The first-order valence-electron chi connectivity index (χ1n) is 8.94. The monoisotopic (exact) mass is 340 g/mol. The molecule has 0 heterocycles. The number of unbranched alkanes of at least 4 members (excludes halogenated alkanes) is 2. The molecule has 0 atom stereocenters. The fraction of sp³-hybridized carbons (Fsp3) is 0.409. The van der Waals surface area contributed by atoms with Gasteiger partial charge in [-0.2, -0.15) is 0 Å².